The number of nitrogens with zero attached hydrogens (tertiary/aromatic N) is 1. The van der Waals surface area contributed by atoms with Crippen molar-refractivity contribution in [2.24, 2.45) is 0 Å². The topological polar surface area (TPSA) is 44.5 Å². The van der Waals surface area contributed by atoms with Gasteiger partial charge < -0.3 is 0 Å². The molecule has 0 aliphatic heterocycles. The Morgan fingerprint density at radius 2 is 2.00 bits per heavy atom. The van der Waals surface area contributed by atoms with Crippen molar-refractivity contribution in [1.29, 1.82) is 0 Å². The van der Waals surface area contributed by atoms with Gasteiger partial charge in [0.05, 0.1) is 17.2 Å². The van der Waals surface area contributed by atoms with Gasteiger partial charge >= 0.3 is 0 Å². The van der Waals surface area contributed by atoms with Crippen molar-refractivity contribution in [1.82, 2.24) is 15.2 Å². The van der Waals surface area contributed by atoms with Crippen LogP contribution in [0.5, 0.6) is 0 Å². The van der Waals surface area contributed by atoms with Gasteiger partial charge in [0.1, 0.15) is 0 Å². The summed E-state index contributed by atoms with van der Waals surface area (Å²) in [6, 6.07) is 2.08. The van der Waals surface area contributed by atoms with Gasteiger partial charge in [0.2, 0.25) is 0 Å². The van der Waals surface area contributed by atoms with E-state index in [0.29, 0.717) is 5.92 Å². The highest BCUT2D eigenvalue weighted by Crippen LogP contribution is 2.16. The molecule has 0 aliphatic carbocycles. The molecule has 0 spiro atoms. The van der Waals surface area contributed by atoms with Crippen LogP contribution < -0.4 is 0 Å². The van der Waals surface area contributed by atoms with Crippen molar-refractivity contribution < 1.29 is 0 Å². The zero-order chi connectivity index (χ0) is 7.84. The molecule has 2 heterocycles. The minimum Gasteiger partial charge on any atom is -0.298 e. The zero-order valence-electron chi connectivity index (χ0n) is 6.68. The second-order valence-corrected chi connectivity index (χ2v) is 3.06. The van der Waals surface area contributed by atoms with Gasteiger partial charge in [-0.2, -0.15) is 0 Å². The highest BCUT2D eigenvalue weighted by Gasteiger charge is 2.03. The third-order valence-corrected chi connectivity index (χ3v) is 1.85. The Morgan fingerprint density at radius 3 is 2.45 bits per heavy atom. The molecular formula is C8H11N3. The molecule has 0 saturated heterocycles. The van der Waals surface area contributed by atoms with Crippen LogP contribution >= 0.6 is 0 Å². The Balaban J connectivity index is 2.51. The number of rotatable bonds is 1. The van der Waals surface area contributed by atoms with Gasteiger partial charge in [-0.3, -0.25) is 15.2 Å². The third-order valence-electron chi connectivity index (χ3n) is 1.85. The average molecular weight is 149 g/mol. The SMILES string of the molecule is CC(C)c1cc2[nH][nH]c2cn1. The van der Waals surface area contributed by atoms with Gasteiger partial charge in [0.15, 0.2) is 0 Å². The lowest BCUT2D eigenvalue weighted by atomic mass is 10.1. The van der Waals surface area contributed by atoms with E-state index >= 15 is 0 Å². The summed E-state index contributed by atoms with van der Waals surface area (Å²) in [4.78, 5) is 4.29. The normalized spacial score (nSPS) is 11.5. The van der Waals surface area contributed by atoms with E-state index in [1.54, 1.807) is 0 Å². The Bertz CT molecular complexity index is 356. The predicted octanol–water partition coefficient (Wildman–Crippen LogP) is 2.01. The van der Waals surface area contributed by atoms with Crippen molar-refractivity contribution in [3.63, 3.8) is 0 Å². The minimum atomic E-state index is 0.502. The molecule has 58 valence electrons. The fraction of sp³-hybridized carbons (Fsp3) is 0.375. The number of hydrogen-bond acceptors (Lipinski definition) is 1. The molecule has 0 aromatic carbocycles. The molecule has 3 heteroatoms. The molecule has 0 unspecified atom stereocenters. The standard InChI is InChI=1S/C8H11N3/c1-5(2)6-3-7-8(4-9-6)11-10-7/h3-5,10-11H,1-2H3. The Labute approximate surface area is 64.8 Å². The van der Waals surface area contributed by atoms with E-state index in [2.05, 4.69) is 35.1 Å². The van der Waals surface area contributed by atoms with E-state index in [9.17, 15) is 0 Å². The summed E-state index contributed by atoms with van der Waals surface area (Å²) in [6.07, 6.45) is 1.86. The lowest BCUT2D eigenvalue weighted by Crippen LogP contribution is -1.97. The number of aromatic amines is 2. The van der Waals surface area contributed by atoms with E-state index in [-0.39, 0.29) is 0 Å². The molecule has 0 radical (unpaired) electrons. The largest absolute Gasteiger partial charge is 0.298 e. The first-order chi connectivity index (χ1) is 5.27. The number of hydrogen-bond donors (Lipinski definition) is 2. The molecule has 2 aromatic rings. The van der Waals surface area contributed by atoms with Crippen LogP contribution in [0.3, 0.4) is 0 Å². The zero-order valence-corrected chi connectivity index (χ0v) is 6.68. The monoisotopic (exact) mass is 149 g/mol. The van der Waals surface area contributed by atoms with E-state index in [1.165, 1.54) is 0 Å². The lowest BCUT2D eigenvalue weighted by Gasteiger charge is -2.07. The van der Waals surface area contributed by atoms with E-state index in [1.807, 2.05) is 6.20 Å². The third kappa shape index (κ3) is 0.926. The molecule has 2 aromatic heterocycles. The van der Waals surface area contributed by atoms with Crippen molar-refractivity contribution in [3.05, 3.63) is 18.0 Å². The van der Waals surface area contributed by atoms with Crippen LogP contribution in [0.4, 0.5) is 0 Å². The lowest BCUT2D eigenvalue weighted by molar-refractivity contribution is 0.821. The maximum absolute atomic E-state index is 4.29. The maximum atomic E-state index is 4.29. The number of nitrogens with one attached hydrogen (secondary N) is 2. The maximum Gasteiger partial charge on any atom is 0.0973 e. The van der Waals surface area contributed by atoms with Gasteiger partial charge in [-0.15, -0.1) is 0 Å². The second-order valence-electron chi connectivity index (χ2n) is 3.06. The summed E-state index contributed by atoms with van der Waals surface area (Å²) >= 11 is 0. The first-order valence-corrected chi connectivity index (χ1v) is 3.79. The van der Waals surface area contributed by atoms with E-state index in [4.69, 9.17) is 0 Å². The van der Waals surface area contributed by atoms with Crippen LogP contribution in [0.25, 0.3) is 11.0 Å². The fourth-order valence-electron chi connectivity index (χ4n) is 1.06. The van der Waals surface area contributed by atoms with Gasteiger partial charge in [0.25, 0.3) is 0 Å². The van der Waals surface area contributed by atoms with Crippen molar-refractivity contribution in [2.75, 3.05) is 0 Å². The van der Waals surface area contributed by atoms with Crippen LogP contribution in [0, 0.1) is 0 Å². The molecule has 11 heavy (non-hydrogen) atoms. The molecule has 0 saturated carbocycles. The predicted molar refractivity (Wildman–Crippen MR) is 44.5 cm³/mol. The van der Waals surface area contributed by atoms with Gasteiger partial charge in [-0.1, -0.05) is 13.8 Å². The summed E-state index contributed by atoms with van der Waals surface area (Å²) in [6.45, 7) is 4.28. The number of aromatic nitrogens is 3. The van der Waals surface area contributed by atoms with Crippen LogP contribution in [0.1, 0.15) is 25.5 Å². The fourth-order valence-corrected chi connectivity index (χ4v) is 1.06. The quantitative estimate of drug-likeness (QED) is 0.640. The molecule has 0 bridgehead atoms. The highest BCUT2D eigenvalue weighted by molar-refractivity contribution is 5.75. The number of pyridine rings is 1. The summed E-state index contributed by atoms with van der Waals surface area (Å²) in [5, 5.41) is 5.94. The first-order valence-electron chi connectivity index (χ1n) is 3.79. The minimum absolute atomic E-state index is 0.502. The smallest absolute Gasteiger partial charge is 0.0973 e. The Kier molecular flexibility index (Phi) is 1.24. The van der Waals surface area contributed by atoms with E-state index in [0.717, 1.165) is 16.7 Å². The molecule has 3 nitrogen and oxygen atoms in total. The molecule has 2 rings (SSSR count). The average Bonchev–Trinajstić information content (AvgIpc) is 1.91. The summed E-state index contributed by atoms with van der Waals surface area (Å²) in [5.74, 6) is 0.502. The summed E-state index contributed by atoms with van der Waals surface area (Å²) in [5.41, 5.74) is 3.39. The van der Waals surface area contributed by atoms with Crippen LogP contribution in [0.2, 0.25) is 0 Å². The Morgan fingerprint density at radius 1 is 1.27 bits per heavy atom. The van der Waals surface area contributed by atoms with E-state index < -0.39 is 0 Å². The van der Waals surface area contributed by atoms with Crippen molar-refractivity contribution >= 4 is 11.0 Å². The number of fused-ring (bicyclic) bond motifs is 1. The molecule has 2 N–H and O–H groups in total. The van der Waals surface area contributed by atoms with Crippen LogP contribution in [0.15, 0.2) is 12.3 Å². The van der Waals surface area contributed by atoms with Gasteiger partial charge in [-0.25, -0.2) is 0 Å². The first kappa shape index (κ1) is 6.46. The molecule has 0 atom stereocenters. The molecule has 0 fully saturated rings. The summed E-state index contributed by atoms with van der Waals surface area (Å²) in [7, 11) is 0. The van der Waals surface area contributed by atoms with Gasteiger partial charge in [0, 0.05) is 5.69 Å². The molecule has 0 amide bonds. The van der Waals surface area contributed by atoms with Crippen molar-refractivity contribution in [2.45, 2.75) is 19.8 Å². The number of H-pyrrole nitrogens is 2. The van der Waals surface area contributed by atoms with Crippen LogP contribution in [-0.4, -0.2) is 15.2 Å². The van der Waals surface area contributed by atoms with Gasteiger partial charge in [-0.05, 0) is 12.0 Å². The van der Waals surface area contributed by atoms with Crippen molar-refractivity contribution in [3.8, 4) is 0 Å². The molecular weight excluding hydrogens is 138 g/mol. The second kappa shape index (κ2) is 2.12. The summed E-state index contributed by atoms with van der Waals surface area (Å²) < 4.78 is 0. The van der Waals surface area contributed by atoms with Crippen LogP contribution in [-0.2, 0) is 0 Å². The highest BCUT2D eigenvalue weighted by atomic mass is 15.2. The Hall–Kier alpha value is -1.25. The molecule has 0 aliphatic rings.